The topological polar surface area (TPSA) is 65.3 Å². The van der Waals surface area contributed by atoms with Crippen LogP contribution in [-0.4, -0.2) is 28.9 Å². The molecule has 1 rings (SSSR count). The summed E-state index contributed by atoms with van der Waals surface area (Å²) in [5.74, 6) is 0. The van der Waals surface area contributed by atoms with Gasteiger partial charge in [-0.2, -0.15) is 0 Å². The standard InChI is InChI=1S/C13H21N3O3/c1-4-5-7-19-8-6-14-9-11-10-15(2)13(18)16(3)12(11)17/h4,10,14H,1,5-9H2,2-3H3. The molecule has 1 aromatic heterocycles. The molecule has 0 amide bonds. The minimum Gasteiger partial charge on any atom is -0.380 e. The molecular formula is C13H21N3O3. The number of hydrogen-bond acceptors (Lipinski definition) is 4. The second-order valence-corrected chi connectivity index (χ2v) is 4.28. The van der Waals surface area contributed by atoms with Crippen LogP contribution in [0.25, 0.3) is 0 Å². The number of hydrogen-bond donors (Lipinski definition) is 1. The van der Waals surface area contributed by atoms with Crippen LogP contribution in [0, 0.1) is 0 Å². The van der Waals surface area contributed by atoms with E-state index in [2.05, 4.69) is 11.9 Å². The fraction of sp³-hybridized carbons (Fsp3) is 0.538. The lowest BCUT2D eigenvalue weighted by atomic mass is 10.3. The highest BCUT2D eigenvalue weighted by Crippen LogP contribution is 1.87. The van der Waals surface area contributed by atoms with Crippen LogP contribution in [0.2, 0.25) is 0 Å². The first-order chi connectivity index (χ1) is 9.07. The van der Waals surface area contributed by atoms with Crippen molar-refractivity contribution in [3.8, 4) is 0 Å². The zero-order valence-electron chi connectivity index (χ0n) is 11.5. The van der Waals surface area contributed by atoms with Gasteiger partial charge in [0.25, 0.3) is 5.56 Å². The van der Waals surface area contributed by atoms with Crippen LogP contribution < -0.4 is 16.6 Å². The summed E-state index contributed by atoms with van der Waals surface area (Å²) in [6.45, 7) is 5.93. The summed E-state index contributed by atoms with van der Waals surface area (Å²) < 4.78 is 7.85. The minimum atomic E-state index is -0.318. The Labute approximate surface area is 112 Å². The van der Waals surface area contributed by atoms with Crippen LogP contribution in [0.15, 0.2) is 28.4 Å². The van der Waals surface area contributed by atoms with Crippen molar-refractivity contribution in [2.24, 2.45) is 14.1 Å². The number of aromatic nitrogens is 2. The number of ether oxygens (including phenoxy) is 1. The molecule has 0 saturated heterocycles. The van der Waals surface area contributed by atoms with Crippen molar-refractivity contribution >= 4 is 0 Å². The predicted molar refractivity (Wildman–Crippen MR) is 74.3 cm³/mol. The monoisotopic (exact) mass is 267 g/mol. The van der Waals surface area contributed by atoms with E-state index in [1.807, 2.05) is 6.08 Å². The van der Waals surface area contributed by atoms with E-state index in [-0.39, 0.29) is 11.2 Å². The van der Waals surface area contributed by atoms with E-state index in [4.69, 9.17) is 4.74 Å². The normalized spacial score (nSPS) is 10.6. The van der Waals surface area contributed by atoms with Crippen molar-refractivity contribution in [3.05, 3.63) is 45.3 Å². The van der Waals surface area contributed by atoms with Gasteiger partial charge in [0.05, 0.1) is 13.2 Å². The Bertz CT molecular complexity index is 531. The fourth-order valence-corrected chi connectivity index (χ4v) is 1.64. The first-order valence-corrected chi connectivity index (χ1v) is 6.22. The van der Waals surface area contributed by atoms with Crippen LogP contribution in [0.5, 0.6) is 0 Å². The molecule has 6 heteroatoms. The molecule has 106 valence electrons. The lowest BCUT2D eigenvalue weighted by Gasteiger charge is -2.08. The average Bonchev–Trinajstić information content (AvgIpc) is 2.41. The van der Waals surface area contributed by atoms with Crippen LogP contribution in [0.4, 0.5) is 0 Å². The second-order valence-electron chi connectivity index (χ2n) is 4.28. The van der Waals surface area contributed by atoms with Gasteiger partial charge in [0, 0.05) is 38.9 Å². The number of rotatable bonds is 8. The summed E-state index contributed by atoms with van der Waals surface area (Å²) in [6.07, 6.45) is 4.21. The van der Waals surface area contributed by atoms with E-state index in [1.54, 1.807) is 13.2 Å². The summed E-state index contributed by atoms with van der Waals surface area (Å²) in [6, 6.07) is 0. The highest BCUT2D eigenvalue weighted by molar-refractivity contribution is 5.05. The van der Waals surface area contributed by atoms with Gasteiger partial charge >= 0.3 is 5.69 Å². The van der Waals surface area contributed by atoms with Crippen molar-refractivity contribution < 1.29 is 4.74 Å². The number of aryl methyl sites for hydroxylation is 1. The van der Waals surface area contributed by atoms with Gasteiger partial charge in [-0.3, -0.25) is 9.36 Å². The minimum absolute atomic E-state index is 0.261. The van der Waals surface area contributed by atoms with Gasteiger partial charge in [-0.1, -0.05) is 6.08 Å². The molecule has 0 aromatic carbocycles. The maximum atomic E-state index is 11.8. The SMILES string of the molecule is C=CCCOCCNCc1cn(C)c(=O)n(C)c1=O. The van der Waals surface area contributed by atoms with E-state index in [0.717, 1.165) is 11.0 Å². The number of nitrogens with one attached hydrogen (secondary N) is 1. The highest BCUT2D eigenvalue weighted by atomic mass is 16.5. The molecule has 0 aliphatic carbocycles. The second kappa shape index (κ2) is 7.70. The zero-order valence-corrected chi connectivity index (χ0v) is 11.5. The van der Waals surface area contributed by atoms with Gasteiger partial charge < -0.3 is 14.6 Å². The van der Waals surface area contributed by atoms with Gasteiger partial charge in [0.15, 0.2) is 0 Å². The highest BCUT2D eigenvalue weighted by Gasteiger charge is 2.05. The molecule has 0 spiro atoms. The molecule has 0 saturated carbocycles. The van der Waals surface area contributed by atoms with E-state index < -0.39 is 0 Å². The first kappa shape index (κ1) is 15.4. The van der Waals surface area contributed by atoms with Crippen LogP contribution in [0.3, 0.4) is 0 Å². The number of nitrogens with zero attached hydrogens (tertiary/aromatic N) is 2. The Morgan fingerprint density at radius 2 is 2.11 bits per heavy atom. The van der Waals surface area contributed by atoms with Crippen molar-refractivity contribution in [3.63, 3.8) is 0 Å². The molecule has 6 nitrogen and oxygen atoms in total. The summed E-state index contributed by atoms with van der Waals surface area (Å²) in [5.41, 5.74) is -0.0135. The average molecular weight is 267 g/mol. The Kier molecular flexibility index (Phi) is 6.24. The van der Waals surface area contributed by atoms with Crippen LogP contribution in [-0.2, 0) is 25.4 Å². The smallest absolute Gasteiger partial charge is 0.330 e. The zero-order chi connectivity index (χ0) is 14.3. The molecule has 0 fully saturated rings. The van der Waals surface area contributed by atoms with Gasteiger partial charge in [-0.05, 0) is 6.42 Å². The van der Waals surface area contributed by atoms with E-state index in [0.29, 0.717) is 31.9 Å². The first-order valence-electron chi connectivity index (χ1n) is 6.22. The molecule has 0 atom stereocenters. The third-order valence-corrected chi connectivity index (χ3v) is 2.72. The molecule has 1 aromatic rings. The largest absolute Gasteiger partial charge is 0.380 e. The maximum absolute atomic E-state index is 11.8. The molecule has 0 bridgehead atoms. The van der Waals surface area contributed by atoms with Crippen molar-refractivity contribution in [2.45, 2.75) is 13.0 Å². The van der Waals surface area contributed by atoms with Gasteiger partial charge in [0.1, 0.15) is 0 Å². The van der Waals surface area contributed by atoms with Crippen molar-refractivity contribution in [2.75, 3.05) is 19.8 Å². The van der Waals surface area contributed by atoms with Gasteiger partial charge in [-0.15, -0.1) is 6.58 Å². The third kappa shape index (κ3) is 4.50. The fourth-order valence-electron chi connectivity index (χ4n) is 1.64. The molecule has 0 unspecified atom stereocenters. The Balaban J connectivity index is 2.44. The Morgan fingerprint density at radius 3 is 2.79 bits per heavy atom. The van der Waals surface area contributed by atoms with Crippen LogP contribution >= 0.6 is 0 Å². The van der Waals surface area contributed by atoms with Gasteiger partial charge in [0.2, 0.25) is 0 Å². The molecule has 0 radical (unpaired) electrons. The van der Waals surface area contributed by atoms with Crippen LogP contribution in [0.1, 0.15) is 12.0 Å². The third-order valence-electron chi connectivity index (χ3n) is 2.72. The summed E-state index contributed by atoms with van der Waals surface area (Å²) in [4.78, 5) is 23.3. The maximum Gasteiger partial charge on any atom is 0.330 e. The molecule has 19 heavy (non-hydrogen) atoms. The quantitative estimate of drug-likeness (QED) is 0.522. The molecule has 1 heterocycles. The lowest BCUT2D eigenvalue weighted by molar-refractivity contribution is 0.140. The molecule has 1 N–H and O–H groups in total. The van der Waals surface area contributed by atoms with Crippen molar-refractivity contribution in [1.29, 1.82) is 0 Å². The van der Waals surface area contributed by atoms with E-state index in [1.165, 1.54) is 11.6 Å². The summed E-state index contributed by atoms with van der Waals surface area (Å²) >= 11 is 0. The lowest BCUT2D eigenvalue weighted by Crippen LogP contribution is -2.39. The Hall–Kier alpha value is -1.66. The summed E-state index contributed by atoms with van der Waals surface area (Å²) in [7, 11) is 3.11. The van der Waals surface area contributed by atoms with E-state index >= 15 is 0 Å². The Morgan fingerprint density at radius 1 is 1.37 bits per heavy atom. The predicted octanol–water partition coefficient (Wildman–Crippen LogP) is -0.234. The van der Waals surface area contributed by atoms with Crippen molar-refractivity contribution in [1.82, 2.24) is 14.5 Å². The van der Waals surface area contributed by atoms with Gasteiger partial charge in [-0.25, -0.2) is 4.79 Å². The molecule has 0 aliphatic heterocycles. The molecular weight excluding hydrogens is 246 g/mol. The summed E-state index contributed by atoms with van der Waals surface area (Å²) in [5, 5.41) is 3.11. The van der Waals surface area contributed by atoms with E-state index in [9.17, 15) is 9.59 Å². The molecule has 0 aliphatic rings.